The first-order chi connectivity index (χ1) is 8.08. The smallest absolute Gasteiger partial charge is 0.161 e. The number of benzene rings is 1. The fourth-order valence-corrected chi connectivity index (χ4v) is 1.42. The predicted octanol–water partition coefficient (Wildman–Crippen LogP) is 3.62. The van der Waals surface area contributed by atoms with E-state index in [0.29, 0.717) is 11.8 Å². The van der Waals surface area contributed by atoms with Gasteiger partial charge in [-0.25, -0.2) is 13.2 Å². The largest absolute Gasteiger partial charge is 0.467 e. The molecule has 0 amide bonds. The van der Waals surface area contributed by atoms with Gasteiger partial charge in [0.25, 0.3) is 0 Å². The Morgan fingerprint density at radius 2 is 1.82 bits per heavy atom. The average molecular weight is 241 g/mol. The third-order valence-electron chi connectivity index (χ3n) is 2.42. The molecule has 0 aliphatic rings. The molecule has 1 aromatic carbocycles. The zero-order valence-corrected chi connectivity index (χ0v) is 9.06. The molecule has 2 rings (SSSR count). The first-order valence-corrected chi connectivity index (χ1v) is 4.99. The fraction of sp³-hybridized carbons (Fsp3) is 0.167. The molecule has 0 atom stereocenters. The number of halogens is 3. The molecule has 5 heteroatoms. The van der Waals surface area contributed by atoms with Crippen molar-refractivity contribution in [3.05, 3.63) is 53.2 Å². The van der Waals surface area contributed by atoms with Gasteiger partial charge in [-0.2, -0.15) is 0 Å². The average Bonchev–Trinajstić information content (AvgIpc) is 2.68. The maximum atomic E-state index is 13.3. The van der Waals surface area contributed by atoms with E-state index in [0.717, 1.165) is 11.6 Å². The first kappa shape index (κ1) is 11.6. The van der Waals surface area contributed by atoms with E-state index < -0.39 is 17.5 Å². The van der Waals surface area contributed by atoms with Gasteiger partial charge in [0.05, 0.1) is 18.5 Å². The van der Waals surface area contributed by atoms with E-state index >= 15 is 0 Å². The summed E-state index contributed by atoms with van der Waals surface area (Å²) < 4.78 is 44.0. The summed E-state index contributed by atoms with van der Waals surface area (Å²) >= 11 is 0. The number of aryl methyl sites for hydroxylation is 1. The molecule has 0 unspecified atom stereocenters. The highest BCUT2D eigenvalue weighted by molar-refractivity contribution is 5.45. The van der Waals surface area contributed by atoms with E-state index in [-0.39, 0.29) is 12.2 Å². The van der Waals surface area contributed by atoms with Crippen LogP contribution in [0.15, 0.2) is 28.9 Å². The van der Waals surface area contributed by atoms with Crippen LogP contribution in [0.3, 0.4) is 0 Å². The highest BCUT2D eigenvalue weighted by Crippen LogP contribution is 2.20. The van der Waals surface area contributed by atoms with Crippen molar-refractivity contribution in [3.63, 3.8) is 0 Å². The molecule has 1 N–H and O–H groups in total. The lowest BCUT2D eigenvalue weighted by Crippen LogP contribution is -2.03. The van der Waals surface area contributed by atoms with Gasteiger partial charge in [0.15, 0.2) is 11.6 Å². The van der Waals surface area contributed by atoms with Crippen LogP contribution in [0.5, 0.6) is 0 Å². The van der Waals surface area contributed by atoms with E-state index in [4.69, 9.17) is 4.42 Å². The molecule has 2 nitrogen and oxygen atoms in total. The summed E-state index contributed by atoms with van der Waals surface area (Å²) in [6.45, 7) is 2.04. The van der Waals surface area contributed by atoms with Crippen molar-refractivity contribution in [2.45, 2.75) is 13.5 Å². The van der Waals surface area contributed by atoms with Crippen LogP contribution in [-0.2, 0) is 6.54 Å². The van der Waals surface area contributed by atoms with Crippen LogP contribution in [0.4, 0.5) is 18.9 Å². The summed E-state index contributed by atoms with van der Waals surface area (Å²) in [5.74, 6) is -2.52. The zero-order chi connectivity index (χ0) is 12.4. The molecule has 0 saturated heterocycles. The highest BCUT2D eigenvalue weighted by atomic mass is 19.2. The summed E-state index contributed by atoms with van der Waals surface area (Å²) in [7, 11) is 0. The number of rotatable bonds is 3. The van der Waals surface area contributed by atoms with Gasteiger partial charge < -0.3 is 9.73 Å². The Morgan fingerprint density at radius 3 is 2.47 bits per heavy atom. The van der Waals surface area contributed by atoms with E-state index in [2.05, 4.69) is 5.32 Å². The summed E-state index contributed by atoms with van der Waals surface area (Å²) in [6.07, 6.45) is 1.51. The van der Waals surface area contributed by atoms with Crippen molar-refractivity contribution in [2.24, 2.45) is 0 Å². The second-order valence-electron chi connectivity index (χ2n) is 3.63. The molecule has 1 aromatic heterocycles. The third kappa shape index (κ3) is 2.43. The molecule has 0 radical (unpaired) electrons. The lowest BCUT2D eigenvalue weighted by Gasteiger charge is -2.07. The molecule has 0 saturated carbocycles. The summed E-state index contributed by atoms with van der Waals surface area (Å²) in [5, 5.41) is 2.65. The molecule has 0 bridgehead atoms. The van der Waals surface area contributed by atoms with E-state index in [1.165, 1.54) is 6.26 Å². The Kier molecular flexibility index (Phi) is 3.08. The number of hydrogen-bond acceptors (Lipinski definition) is 2. The lowest BCUT2D eigenvalue weighted by molar-refractivity contribution is 0.494. The monoisotopic (exact) mass is 241 g/mol. The number of furan rings is 1. The van der Waals surface area contributed by atoms with Crippen LogP contribution in [0.2, 0.25) is 0 Å². The van der Waals surface area contributed by atoms with Gasteiger partial charge in [0.1, 0.15) is 11.6 Å². The topological polar surface area (TPSA) is 25.2 Å². The summed E-state index contributed by atoms with van der Waals surface area (Å²) in [5.41, 5.74) is 0.806. The van der Waals surface area contributed by atoms with Crippen molar-refractivity contribution in [1.29, 1.82) is 0 Å². The van der Waals surface area contributed by atoms with Gasteiger partial charge >= 0.3 is 0 Å². The number of hydrogen-bond donors (Lipinski definition) is 1. The zero-order valence-electron chi connectivity index (χ0n) is 9.06. The SMILES string of the molecule is Cc1ccoc1CNc1cc(F)c(F)cc1F. The Labute approximate surface area is 96.1 Å². The van der Waals surface area contributed by atoms with E-state index in [1.807, 2.05) is 6.92 Å². The summed E-state index contributed by atoms with van der Waals surface area (Å²) in [4.78, 5) is 0. The fourth-order valence-electron chi connectivity index (χ4n) is 1.42. The van der Waals surface area contributed by atoms with Gasteiger partial charge in [0.2, 0.25) is 0 Å². The minimum atomic E-state index is -1.21. The van der Waals surface area contributed by atoms with Crippen molar-refractivity contribution in [2.75, 3.05) is 5.32 Å². The Bertz CT molecular complexity index is 537. The van der Waals surface area contributed by atoms with E-state index in [1.54, 1.807) is 6.07 Å². The van der Waals surface area contributed by atoms with Crippen LogP contribution < -0.4 is 5.32 Å². The number of nitrogens with one attached hydrogen (secondary N) is 1. The van der Waals surface area contributed by atoms with Crippen LogP contribution in [0.1, 0.15) is 11.3 Å². The quantitative estimate of drug-likeness (QED) is 0.830. The van der Waals surface area contributed by atoms with Crippen molar-refractivity contribution < 1.29 is 17.6 Å². The van der Waals surface area contributed by atoms with E-state index in [9.17, 15) is 13.2 Å². The standard InChI is InChI=1S/C12H10F3NO/c1-7-2-3-17-12(7)6-16-11-5-9(14)8(13)4-10(11)15/h2-5,16H,6H2,1H3. The minimum absolute atomic E-state index is 0.0975. The van der Waals surface area contributed by atoms with Gasteiger partial charge in [0, 0.05) is 12.1 Å². The highest BCUT2D eigenvalue weighted by Gasteiger charge is 2.10. The molecule has 0 aliphatic carbocycles. The molecule has 1 heterocycles. The molecule has 90 valence electrons. The Hall–Kier alpha value is -1.91. The molecule has 0 aliphatic heterocycles. The maximum Gasteiger partial charge on any atom is 0.161 e. The van der Waals surface area contributed by atoms with Crippen LogP contribution >= 0.6 is 0 Å². The predicted molar refractivity (Wildman–Crippen MR) is 57.1 cm³/mol. The molecule has 0 fully saturated rings. The van der Waals surface area contributed by atoms with Crippen LogP contribution in [-0.4, -0.2) is 0 Å². The molecular weight excluding hydrogens is 231 g/mol. The van der Waals surface area contributed by atoms with Gasteiger partial charge in [-0.15, -0.1) is 0 Å². The van der Waals surface area contributed by atoms with Crippen LogP contribution in [0, 0.1) is 24.4 Å². The van der Waals surface area contributed by atoms with Crippen LogP contribution in [0.25, 0.3) is 0 Å². The second-order valence-corrected chi connectivity index (χ2v) is 3.63. The normalized spacial score (nSPS) is 10.6. The lowest BCUT2D eigenvalue weighted by atomic mass is 10.2. The van der Waals surface area contributed by atoms with Gasteiger partial charge in [-0.05, 0) is 18.6 Å². The Balaban J connectivity index is 2.14. The summed E-state index contributed by atoms with van der Waals surface area (Å²) in [6, 6.07) is 3.05. The second kappa shape index (κ2) is 4.53. The minimum Gasteiger partial charge on any atom is -0.467 e. The third-order valence-corrected chi connectivity index (χ3v) is 2.42. The Morgan fingerprint density at radius 1 is 1.12 bits per heavy atom. The van der Waals surface area contributed by atoms with Crippen molar-refractivity contribution in [1.82, 2.24) is 0 Å². The molecule has 0 spiro atoms. The van der Waals surface area contributed by atoms with Crippen molar-refractivity contribution in [3.8, 4) is 0 Å². The first-order valence-electron chi connectivity index (χ1n) is 4.99. The molecule has 2 aromatic rings. The van der Waals surface area contributed by atoms with Gasteiger partial charge in [-0.1, -0.05) is 0 Å². The molecular formula is C12H10F3NO. The van der Waals surface area contributed by atoms with Crippen molar-refractivity contribution >= 4 is 5.69 Å². The molecule has 17 heavy (non-hydrogen) atoms. The maximum absolute atomic E-state index is 13.3. The van der Waals surface area contributed by atoms with Gasteiger partial charge in [-0.3, -0.25) is 0 Å². The number of anilines is 1.